The summed E-state index contributed by atoms with van der Waals surface area (Å²) in [5.41, 5.74) is 1.74. The van der Waals surface area contributed by atoms with Gasteiger partial charge in [-0.1, -0.05) is 18.7 Å². The smallest absolute Gasteiger partial charge is 0.251 e. The maximum Gasteiger partial charge on any atom is 0.251 e. The van der Waals surface area contributed by atoms with Gasteiger partial charge in [-0.15, -0.1) is 0 Å². The molecular formula is C20H23N7O2S. The number of nitrogens with zero attached hydrogens (tertiary/aromatic N) is 5. The Hall–Kier alpha value is -3.16. The van der Waals surface area contributed by atoms with Crippen LogP contribution >= 0.6 is 11.8 Å². The largest absolute Gasteiger partial charge is 0.383 e. The first kappa shape index (κ1) is 21.5. The fraction of sp³-hybridized carbons (Fsp3) is 0.350. The van der Waals surface area contributed by atoms with Crippen LogP contribution in [-0.2, 0) is 11.3 Å². The van der Waals surface area contributed by atoms with Gasteiger partial charge in [-0.25, -0.2) is 14.6 Å². The van der Waals surface area contributed by atoms with Crippen LogP contribution in [0.2, 0.25) is 0 Å². The van der Waals surface area contributed by atoms with Crippen LogP contribution in [0, 0.1) is 11.3 Å². The minimum atomic E-state index is -0.199. The number of thioether (sulfide) groups is 1. The van der Waals surface area contributed by atoms with Crippen LogP contribution in [0.15, 0.2) is 35.6 Å². The number of hydrogen-bond donors (Lipinski definition) is 2. The summed E-state index contributed by atoms with van der Waals surface area (Å²) in [5.74, 6) is 1.38. The third-order valence-electron chi connectivity index (χ3n) is 4.23. The number of carbonyl (C=O) groups excluding carboxylic acids is 1. The molecule has 0 spiro atoms. The molecule has 0 saturated heterocycles. The predicted octanol–water partition coefficient (Wildman–Crippen LogP) is 2.30. The number of anilines is 1. The van der Waals surface area contributed by atoms with Gasteiger partial charge in [0.1, 0.15) is 5.82 Å². The van der Waals surface area contributed by atoms with E-state index in [0.717, 1.165) is 17.0 Å². The Bertz CT molecular complexity index is 1040. The lowest BCUT2D eigenvalue weighted by molar-refractivity contribution is 0.0952. The van der Waals surface area contributed by atoms with Crippen molar-refractivity contribution in [3.05, 3.63) is 41.6 Å². The lowest BCUT2D eigenvalue weighted by Gasteiger charge is -2.09. The van der Waals surface area contributed by atoms with E-state index in [4.69, 9.17) is 10.00 Å². The molecule has 3 rings (SSSR count). The number of aromatic nitrogens is 4. The van der Waals surface area contributed by atoms with Crippen LogP contribution in [0.5, 0.6) is 0 Å². The van der Waals surface area contributed by atoms with E-state index in [-0.39, 0.29) is 5.91 Å². The van der Waals surface area contributed by atoms with Crippen LogP contribution in [-0.4, -0.2) is 58.2 Å². The van der Waals surface area contributed by atoms with E-state index in [2.05, 4.69) is 25.7 Å². The molecule has 2 heterocycles. The van der Waals surface area contributed by atoms with Gasteiger partial charge in [0.05, 0.1) is 36.4 Å². The van der Waals surface area contributed by atoms with Crippen molar-refractivity contribution >= 4 is 34.5 Å². The quantitative estimate of drug-likeness (QED) is 0.289. The number of carbonyl (C=O) groups is 1. The molecular weight excluding hydrogens is 402 g/mol. The number of benzene rings is 1. The summed E-state index contributed by atoms with van der Waals surface area (Å²) in [5, 5.41) is 20.9. The standard InChI is InChI=1S/C20H23N7O2S/c1-3-30-20-25-17(22-9-11-29-2)16-13-24-27(18(16)26-20)10-8-23-19(28)15-6-4-14(12-21)5-7-15/h4-7,13H,3,8-11H2,1-2H3,(H,23,28)(H,22,25,26). The van der Waals surface area contributed by atoms with E-state index in [0.29, 0.717) is 48.2 Å². The minimum Gasteiger partial charge on any atom is -0.383 e. The summed E-state index contributed by atoms with van der Waals surface area (Å²) < 4.78 is 6.86. The number of methoxy groups -OCH3 is 1. The van der Waals surface area contributed by atoms with E-state index in [1.54, 1.807) is 54.0 Å². The normalized spacial score (nSPS) is 10.7. The molecule has 9 nitrogen and oxygen atoms in total. The first-order chi connectivity index (χ1) is 14.7. The Morgan fingerprint density at radius 2 is 2.07 bits per heavy atom. The maximum absolute atomic E-state index is 12.3. The third-order valence-corrected chi connectivity index (χ3v) is 4.96. The number of ether oxygens (including phenoxy) is 1. The third kappa shape index (κ3) is 5.25. The van der Waals surface area contributed by atoms with E-state index in [9.17, 15) is 4.79 Å². The summed E-state index contributed by atoms with van der Waals surface area (Å²) in [6, 6.07) is 8.55. The van der Waals surface area contributed by atoms with Crippen LogP contribution in [0.25, 0.3) is 11.0 Å². The highest BCUT2D eigenvalue weighted by molar-refractivity contribution is 7.99. The molecule has 156 valence electrons. The molecule has 0 saturated carbocycles. The summed E-state index contributed by atoms with van der Waals surface area (Å²) >= 11 is 1.56. The van der Waals surface area contributed by atoms with Crippen molar-refractivity contribution in [3.63, 3.8) is 0 Å². The van der Waals surface area contributed by atoms with Gasteiger partial charge in [-0.05, 0) is 30.0 Å². The number of nitriles is 1. The molecule has 0 bridgehead atoms. The lowest BCUT2D eigenvalue weighted by Crippen LogP contribution is -2.27. The summed E-state index contributed by atoms with van der Waals surface area (Å²) in [6.45, 7) is 4.10. The van der Waals surface area contributed by atoms with Crippen molar-refractivity contribution in [2.45, 2.75) is 18.6 Å². The molecule has 1 aromatic carbocycles. The fourth-order valence-corrected chi connectivity index (χ4v) is 3.34. The first-order valence-electron chi connectivity index (χ1n) is 9.53. The lowest BCUT2D eigenvalue weighted by atomic mass is 10.1. The molecule has 0 aliphatic rings. The molecule has 30 heavy (non-hydrogen) atoms. The Balaban J connectivity index is 1.70. The zero-order valence-electron chi connectivity index (χ0n) is 16.9. The molecule has 0 fully saturated rings. The number of hydrogen-bond acceptors (Lipinski definition) is 8. The highest BCUT2D eigenvalue weighted by Crippen LogP contribution is 2.24. The van der Waals surface area contributed by atoms with Crippen molar-refractivity contribution in [1.29, 1.82) is 5.26 Å². The van der Waals surface area contributed by atoms with Crippen LogP contribution in [0.3, 0.4) is 0 Å². The van der Waals surface area contributed by atoms with Gasteiger partial charge >= 0.3 is 0 Å². The van der Waals surface area contributed by atoms with Gasteiger partial charge in [0, 0.05) is 25.8 Å². The molecule has 2 N–H and O–H groups in total. The van der Waals surface area contributed by atoms with Gasteiger partial charge in [-0.3, -0.25) is 4.79 Å². The topological polar surface area (TPSA) is 118 Å². The molecule has 0 aliphatic heterocycles. The summed E-state index contributed by atoms with van der Waals surface area (Å²) in [7, 11) is 1.65. The SMILES string of the molecule is CCSc1nc(NCCOC)c2cnn(CCNC(=O)c3ccc(C#N)cc3)c2n1. The van der Waals surface area contributed by atoms with E-state index >= 15 is 0 Å². The second-order valence-corrected chi connectivity index (χ2v) is 7.49. The second-order valence-electron chi connectivity index (χ2n) is 6.26. The van der Waals surface area contributed by atoms with Crippen molar-refractivity contribution in [1.82, 2.24) is 25.1 Å². The first-order valence-corrected chi connectivity index (χ1v) is 10.5. The molecule has 1 amide bonds. The Labute approximate surface area is 178 Å². The second kappa shape index (κ2) is 10.6. The average Bonchev–Trinajstić information content (AvgIpc) is 3.17. The fourth-order valence-electron chi connectivity index (χ4n) is 2.77. The van der Waals surface area contributed by atoms with E-state index in [1.807, 2.05) is 13.0 Å². The number of amides is 1. The number of nitrogens with one attached hydrogen (secondary N) is 2. The molecule has 10 heteroatoms. The minimum absolute atomic E-state index is 0.199. The monoisotopic (exact) mass is 425 g/mol. The van der Waals surface area contributed by atoms with Gasteiger partial charge < -0.3 is 15.4 Å². The Morgan fingerprint density at radius 3 is 2.77 bits per heavy atom. The van der Waals surface area contributed by atoms with Gasteiger partial charge in [0.15, 0.2) is 10.8 Å². The highest BCUT2D eigenvalue weighted by Gasteiger charge is 2.13. The van der Waals surface area contributed by atoms with Crippen LogP contribution in [0.1, 0.15) is 22.8 Å². The zero-order valence-corrected chi connectivity index (χ0v) is 17.7. The maximum atomic E-state index is 12.3. The summed E-state index contributed by atoms with van der Waals surface area (Å²) in [6.07, 6.45) is 1.73. The van der Waals surface area contributed by atoms with Gasteiger partial charge in [0.25, 0.3) is 5.91 Å². The molecule has 2 aromatic heterocycles. The predicted molar refractivity (Wildman–Crippen MR) is 116 cm³/mol. The number of fused-ring (bicyclic) bond motifs is 1. The van der Waals surface area contributed by atoms with Crippen molar-refractivity contribution in [3.8, 4) is 6.07 Å². The van der Waals surface area contributed by atoms with Crippen molar-refractivity contribution in [2.24, 2.45) is 0 Å². The van der Waals surface area contributed by atoms with Crippen LogP contribution < -0.4 is 10.6 Å². The van der Waals surface area contributed by atoms with E-state index in [1.165, 1.54) is 0 Å². The molecule has 0 radical (unpaired) electrons. The average molecular weight is 426 g/mol. The van der Waals surface area contributed by atoms with Gasteiger partial charge in [-0.2, -0.15) is 10.4 Å². The van der Waals surface area contributed by atoms with Gasteiger partial charge in [0.2, 0.25) is 0 Å². The molecule has 3 aromatic rings. The molecule has 0 atom stereocenters. The van der Waals surface area contributed by atoms with Crippen molar-refractivity contribution < 1.29 is 9.53 Å². The Kier molecular flexibility index (Phi) is 7.59. The zero-order chi connectivity index (χ0) is 21.3. The molecule has 0 aliphatic carbocycles. The number of rotatable bonds is 10. The highest BCUT2D eigenvalue weighted by atomic mass is 32.2. The summed E-state index contributed by atoms with van der Waals surface area (Å²) in [4.78, 5) is 21.5. The van der Waals surface area contributed by atoms with Crippen LogP contribution in [0.4, 0.5) is 5.82 Å². The van der Waals surface area contributed by atoms with E-state index < -0.39 is 0 Å². The Morgan fingerprint density at radius 1 is 1.27 bits per heavy atom. The molecule has 0 unspecified atom stereocenters. The van der Waals surface area contributed by atoms with Crippen molar-refractivity contribution in [2.75, 3.05) is 37.9 Å².